The van der Waals surface area contributed by atoms with E-state index in [0.717, 1.165) is 29.0 Å². The quantitative estimate of drug-likeness (QED) is 0.728. The van der Waals surface area contributed by atoms with E-state index >= 15 is 0 Å². The Morgan fingerprint density at radius 3 is 2.33 bits per heavy atom. The minimum absolute atomic E-state index is 0.188. The summed E-state index contributed by atoms with van der Waals surface area (Å²) in [5, 5.41) is 8.97. The van der Waals surface area contributed by atoms with E-state index in [1.54, 1.807) is 36.7 Å². The molecule has 0 radical (unpaired) electrons. The molecule has 0 atom stereocenters. The lowest BCUT2D eigenvalue weighted by Gasteiger charge is -2.06. The highest BCUT2D eigenvalue weighted by Crippen LogP contribution is 2.23. The average molecular weight is 360 g/mol. The summed E-state index contributed by atoms with van der Waals surface area (Å²) < 4.78 is 27.3. The van der Waals surface area contributed by atoms with Crippen molar-refractivity contribution in [1.82, 2.24) is 15.2 Å². The molecule has 0 saturated carbocycles. The van der Waals surface area contributed by atoms with Gasteiger partial charge in [-0.05, 0) is 41.8 Å². The van der Waals surface area contributed by atoms with E-state index in [4.69, 9.17) is 0 Å². The molecule has 6 nitrogen and oxygen atoms in total. The molecule has 1 N–H and O–H groups in total. The van der Waals surface area contributed by atoms with Crippen molar-refractivity contribution < 1.29 is 8.42 Å². The number of nitrogens with zero attached hydrogens (tertiary/aromatic N) is 3. The number of hydrogen-bond acceptors (Lipinski definition) is 6. The standard InChI is InChI=1S/C16H16N4O2S2/c1-2-3-15-18-19-16(23-15)20-24(21,22)14-6-4-12(5-7-14)13-8-10-17-11-9-13/h4-11H,2-3H2,1H3,(H,19,20). The van der Waals surface area contributed by atoms with E-state index in [-0.39, 0.29) is 10.0 Å². The topological polar surface area (TPSA) is 84.8 Å². The molecule has 0 amide bonds. The number of anilines is 1. The molecule has 0 aliphatic carbocycles. The monoisotopic (exact) mass is 360 g/mol. The maximum atomic E-state index is 12.4. The first-order valence-electron chi connectivity index (χ1n) is 7.44. The van der Waals surface area contributed by atoms with E-state index in [0.29, 0.717) is 0 Å². The molecule has 3 aromatic rings. The van der Waals surface area contributed by atoms with Crippen molar-refractivity contribution in [2.45, 2.75) is 24.7 Å². The van der Waals surface area contributed by atoms with E-state index in [1.165, 1.54) is 11.3 Å². The number of rotatable bonds is 6. The zero-order valence-electron chi connectivity index (χ0n) is 13.0. The van der Waals surface area contributed by atoms with Gasteiger partial charge in [-0.2, -0.15) is 0 Å². The van der Waals surface area contributed by atoms with Crippen LogP contribution in [0.4, 0.5) is 5.13 Å². The Hall–Kier alpha value is -2.32. The third-order valence-electron chi connectivity index (χ3n) is 3.33. The van der Waals surface area contributed by atoms with Crippen molar-refractivity contribution in [2.24, 2.45) is 0 Å². The van der Waals surface area contributed by atoms with E-state index in [2.05, 4.69) is 19.9 Å². The van der Waals surface area contributed by atoms with Crippen LogP contribution in [0.1, 0.15) is 18.4 Å². The molecule has 0 spiro atoms. The van der Waals surface area contributed by atoms with Gasteiger partial charge < -0.3 is 0 Å². The van der Waals surface area contributed by atoms with Crippen molar-refractivity contribution in [1.29, 1.82) is 0 Å². The Labute approximate surface area is 144 Å². The van der Waals surface area contributed by atoms with Gasteiger partial charge in [-0.1, -0.05) is 30.4 Å². The van der Waals surface area contributed by atoms with Gasteiger partial charge in [0.25, 0.3) is 10.0 Å². The Bertz CT molecular complexity index is 907. The number of sulfonamides is 1. The number of pyridine rings is 1. The normalized spacial score (nSPS) is 11.4. The predicted octanol–water partition coefficient (Wildman–Crippen LogP) is 3.35. The Balaban J connectivity index is 1.79. The highest BCUT2D eigenvalue weighted by Gasteiger charge is 2.16. The fourth-order valence-electron chi connectivity index (χ4n) is 2.15. The molecular formula is C16H16N4O2S2. The van der Waals surface area contributed by atoms with Gasteiger partial charge in [0.2, 0.25) is 5.13 Å². The van der Waals surface area contributed by atoms with Crippen LogP contribution in [0.15, 0.2) is 53.7 Å². The molecule has 0 aliphatic rings. The van der Waals surface area contributed by atoms with Crippen LogP contribution in [0, 0.1) is 0 Å². The molecule has 0 unspecified atom stereocenters. The van der Waals surface area contributed by atoms with Gasteiger partial charge in [0, 0.05) is 18.8 Å². The molecule has 124 valence electrons. The second-order valence-corrected chi connectivity index (χ2v) is 7.86. The van der Waals surface area contributed by atoms with Crippen molar-refractivity contribution >= 4 is 26.5 Å². The van der Waals surface area contributed by atoms with Crippen LogP contribution in [0.5, 0.6) is 0 Å². The summed E-state index contributed by atoms with van der Waals surface area (Å²) in [5.41, 5.74) is 1.91. The van der Waals surface area contributed by atoms with Gasteiger partial charge in [-0.15, -0.1) is 10.2 Å². The lowest BCUT2D eigenvalue weighted by Crippen LogP contribution is -2.12. The maximum Gasteiger partial charge on any atom is 0.263 e. The van der Waals surface area contributed by atoms with Gasteiger partial charge >= 0.3 is 0 Å². The molecule has 0 bridgehead atoms. The van der Waals surface area contributed by atoms with Crippen LogP contribution in [0.3, 0.4) is 0 Å². The lowest BCUT2D eigenvalue weighted by molar-refractivity contribution is 0.601. The van der Waals surface area contributed by atoms with Crippen molar-refractivity contribution in [3.05, 3.63) is 53.8 Å². The minimum atomic E-state index is -3.67. The van der Waals surface area contributed by atoms with Crippen molar-refractivity contribution in [3.8, 4) is 11.1 Å². The van der Waals surface area contributed by atoms with Crippen LogP contribution in [0.2, 0.25) is 0 Å². The number of benzene rings is 1. The summed E-state index contributed by atoms with van der Waals surface area (Å²) in [5.74, 6) is 0. The van der Waals surface area contributed by atoms with Crippen molar-refractivity contribution in [2.75, 3.05) is 4.72 Å². The molecule has 2 heterocycles. The summed E-state index contributed by atoms with van der Waals surface area (Å²) in [7, 11) is -3.67. The number of hydrogen-bond donors (Lipinski definition) is 1. The summed E-state index contributed by atoms with van der Waals surface area (Å²) in [4.78, 5) is 4.16. The van der Waals surface area contributed by atoms with E-state index < -0.39 is 10.0 Å². The summed E-state index contributed by atoms with van der Waals surface area (Å²) in [6.45, 7) is 2.04. The molecule has 3 rings (SSSR count). The van der Waals surface area contributed by atoms with E-state index in [1.807, 2.05) is 19.1 Å². The first kappa shape index (κ1) is 16.5. The molecule has 0 saturated heterocycles. The highest BCUT2D eigenvalue weighted by molar-refractivity contribution is 7.93. The minimum Gasteiger partial charge on any atom is -0.265 e. The lowest BCUT2D eigenvalue weighted by atomic mass is 10.1. The third-order valence-corrected chi connectivity index (χ3v) is 5.71. The average Bonchev–Trinajstić information content (AvgIpc) is 3.02. The zero-order valence-corrected chi connectivity index (χ0v) is 14.6. The van der Waals surface area contributed by atoms with Gasteiger partial charge in [0.05, 0.1) is 4.90 Å². The van der Waals surface area contributed by atoms with Gasteiger partial charge in [0.15, 0.2) is 0 Å². The summed E-state index contributed by atoms with van der Waals surface area (Å²) in [6.07, 6.45) is 5.13. The van der Waals surface area contributed by atoms with Crippen LogP contribution in [0.25, 0.3) is 11.1 Å². The second-order valence-electron chi connectivity index (χ2n) is 5.12. The molecule has 0 fully saturated rings. The fraction of sp³-hybridized carbons (Fsp3) is 0.188. The number of aromatic nitrogens is 3. The molecular weight excluding hydrogens is 344 g/mol. The Morgan fingerprint density at radius 2 is 1.67 bits per heavy atom. The molecule has 1 aromatic carbocycles. The van der Waals surface area contributed by atoms with Gasteiger partial charge in [-0.3, -0.25) is 9.71 Å². The van der Waals surface area contributed by atoms with Gasteiger partial charge in [-0.25, -0.2) is 8.42 Å². The van der Waals surface area contributed by atoms with Gasteiger partial charge in [0.1, 0.15) is 5.01 Å². The SMILES string of the molecule is CCCc1nnc(NS(=O)(=O)c2ccc(-c3ccncc3)cc2)s1. The first-order valence-corrected chi connectivity index (χ1v) is 9.74. The van der Waals surface area contributed by atoms with Crippen LogP contribution in [-0.4, -0.2) is 23.6 Å². The molecule has 24 heavy (non-hydrogen) atoms. The molecule has 8 heteroatoms. The number of aryl methyl sites for hydroxylation is 1. The van der Waals surface area contributed by atoms with Crippen LogP contribution in [-0.2, 0) is 16.4 Å². The zero-order chi connectivity index (χ0) is 17.0. The summed E-state index contributed by atoms with van der Waals surface area (Å²) >= 11 is 1.26. The van der Waals surface area contributed by atoms with Crippen LogP contribution < -0.4 is 4.72 Å². The largest absolute Gasteiger partial charge is 0.265 e. The molecule has 2 aromatic heterocycles. The second kappa shape index (κ2) is 7.06. The first-order chi connectivity index (χ1) is 11.6. The Morgan fingerprint density at radius 1 is 1.00 bits per heavy atom. The Kier molecular flexibility index (Phi) is 4.86. The fourth-order valence-corrected chi connectivity index (χ4v) is 4.23. The third kappa shape index (κ3) is 3.77. The highest BCUT2D eigenvalue weighted by atomic mass is 32.2. The summed E-state index contributed by atoms with van der Waals surface area (Å²) in [6, 6.07) is 10.4. The van der Waals surface area contributed by atoms with Crippen molar-refractivity contribution in [3.63, 3.8) is 0 Å². The number of nitrogens with one attached hydrogen (secondary N) is 1. The van der Waals surface area contributed by atoms with Crippen LogP contribution >= 0.6 is 11.3 Å². The van der Waals surface area contributed by atoms with E-state index in [9.17, 15) is 8.42 Å². The maximum absolute atomic E-state index is 12.4. The predicted molar refractivity (Wildman–Crippen MR) is 94.4 cm³/mol. The smallest absolute Gasteiger partial charge is 0.263 e. The molecule has 0 aliphatic heterocycles.